The molecule has 10 rings (SSSR count). The average Bonchev–Trinajstić information content (AvgIpc) is 3.80. The Labute approximate surface area is 412 Å². The standard InChI is InChI=1S/C27H24F2N2O3.C26H24F2N2O3.B.Li.H/c1-17(32)15-31-16-21-14-19(5-8-24(21)26(31)34)22-4-2-3-18-13-20(6-7-23(18)22)25(33)30-11-9-27(28,29)10-12-30;27-26(28)8-10-29(11-9-26)24(32)19-5-6-22-17(14-19)2-1-3-21(22)18-4-7-23-20(15-18)16-30(12-13-31)25(23)33;;;/h2-8,13-14H,9-12,15-16H2,1H3;1-7,14-15,31H,8-13,16H2;;;/q;;;+1;-1. The number of β-amino-alcohol motifs (C(OH)–C–C–N with tert-alkyl or cyclic N) is 1. The molecular weight excluding hydrogens is 882 g/mol. The number of alkyl halides is 4. The molecule has 16 heteroatoms. The number of aliphatic hydroxyl groups is 1. The second-order valence-corrected chi connectivity index (χ2v) is 17.8. The van der Waals surface area contributed by atoms with Gasteiger partial charge >= 0.3 is 18.9 Å². The molecule has 0 aromatic heterocycles. The van der Waals surface area contributed by atoms with Crippen molar-refractivity contribution in [3.8, 4) is 22.3 Å². The first kappa shape index (κ1) is 50.6. The number of aliphatic hydroxyl groups excluding tert-OH is 1. The summed E-state index contributed by atoms with van der Waals surface area (Å²) in [5, 5.41) is 12.9. The number of Topliss-reactive ketones (excluding diaryl/α,β-unsaturated/α-hetero) is 1. The first-order valence-electron chi connectivity index (χ1n) is 22.4. The normalized spacial score (nSPS) is 16.8. The largest absolute Gasteiger partial charge is 1.00 e. The summed E-state index contributed by atoms with van der Waals surface area (Å²) in [6.45, 7) is 2.91. The minimum atomic E-state index is -2.70. The Morgan fingerprint density at radius 1 is 0.580 bits per heavy atom. The van der Waals surface area contributed by atoms with Gasteiger partial charge in [-0.3, -0.25) is 24.0 Å². The fourth-order valence-corrected chi connectivity index (χ4v) is 9.57. The fourth-order valence-electron chi connectivity index (χ4n) is 9.57. The Morgan fingerprint density at radius 3 is 1.42 bits per heavy atom. The molecule has 1 N–H and O–H groups in total. The van der Waals surface area contributed by atoms with Crippen LogP contribution in [0.3, 0.4) is 0 Å². The van der Waals surface area contributed by atoms with Crippen LogP contribution in [0.5, 0.6) is 0 Å². The molecule has 4 heterocycles. The number of nitrogens with zero attached hydrogens (tertiary/aromatic N) is 4. The molecule has 69 heavy (non-hydrogen) atoms. The maximum Gasteiger partial charge on any atom is 1.00 e. The van der Waals surface area contributed by atoms with E-state index in [-0.39, 0.29) is 123 Å². The number of carbonyl (C=O) groups is 5. The van der Waals surface area contributed by atoms with Crippen molar-refractivity contribution >= 4 is 59.4 Å². The summed E-state index contributed by atoms with van der Waals surface area (Å²) in [4.78, 5) is 68.4. The number of rotatable bonds is 8. The van der Waals surface area contributed by atoms with E-state index in [1.54, 1.807) is 34.1 Å². The van der Waals surface area contributed by atoms with Gasteiger partial charge in [0, 0.05) is 102 Å². The number of halogens is 4. The number of likely N-dealkylation sites (tertiary alicyclic amines) is 2. The number of ketones is 1. The van der Waals surface area contributed by atoms with Crippen LogP contribution in [-0.4, -0.2) is 120 Å². The molecule has 6 aromatic carbocycles. The van der Waals surface area contributed by atoms with E-state index in [0.717, 1.165) is 54.9 Å². The van der Waals surface area contributed by atoms with Crippen LogP contribution in [0.4, 0.5) is 17.6 Å². The van der Waals surface area contributed by atoms with Gasteiger partial charge in [0.05, 0.1) is 13.2 Å². The van der Waals surface area contributed by atoms with Crippen LogP contribution in [0.1, 0.15) is 86.6 Å². The smallest absolute Gasteiger partial charge is 1.00 e. The van der Waals surface area contributed by atoms with Crippen LogP contribution < -0.4 is 18.9 Å². The second-order valence-electron chi connectivity index (χ2n) is 17.8. The minimum Gasteiger partial charge on any atom is -1.00 e. The van der Waals surface area contributed by atoms with Gasteiger partial charge in [-0.2, -0.15) is 0 Å². The van der Waals surface area contributed by atoms with Crippen molar-refractivity contribution in [2.24, 2.45) is 0 Å². The third kappa shape index (κ3) is 10.5. The molecule has 10 nitrogen and oxygen atoms in total. The van der Waals surface area contributed by atoms with Crippen molar-refractivity contribution in [2.45, 2.75) is 57.5 Å². The maximum atomic E-state index is 13.5. The van der Waals surface area contributed by atoms with E-state index < -0.39 is 11.8 Å². The molecule has 4 amide bonds. The number of piperidine rings is 2. The summed E-state index contributed by atoms with van der Waals surface area (Å²) in [6, 6.07) is 34.0. The molecule has 6 aromatic rings. The first-order valence-corrected chi connectivity index (χ1v) is 22.4. The van der Waals surface area contributed by atoms with Gasteiger partial charge < -0.3 is 26.1 Å². The van der Waals surface area contributed by atoms with Crippen molar-refractivity contribution in [1.82, 2.24) is 19.6 Å². The van der Waals surface area contributed by atoms with Crippen LogP contribution in [0.25, 0.3) is 43.8 Å². The monoisotopic (exact) mass is 931 g/mol. The predicted molar refractivity (Wildman–Crippen MR) is 253 cm³/mol. The van der Waals surface area contributed by atoms with E-state index in [9.17, 15) is 46.6 Å². The zero-order valence-corrected chi connectivity index (χ0v) is 38.5. The molecule has 3 radical (unpaired) electrons. The van der Waals surface area contributed by atoms with E-state index in [4.69, 9.17) is 0 Å². The van der Waals surface area contributed by atoms with E-state index in [2.05, 4.69) is 0 Å². The Bertz CT molecular complexity index is 2990. The van der Waals surface area contributed by atoms with Gasteiger partial charge in [0.2, 0.25) is 0 Å². The summed E-state index contributed by atoms with van der Waals surface area (Å²) >= 11 is 0. The summed E-state index contributed by atoms with van der Waals surface area (Å²) in [7, 11) is 0. The summed E-state index contributed by atoms with van der Waals surface area (Å²) in [6.07, 6.45) is -1.21. The van der Waals surface area contributed by atoms with E-state index in [1.165, 1.54) is 16.7 Å². The SMILES string of the molecule is CC(=O)CN1Cc2cc(-c3cccc4cc(C(=O)N5CCC(F)(F)CC5)ccc34)ccc2C1=O.O=C(c1ccc2c(-c3ccc4c(c3)CN(CCO)C4=O)cccc2c1)N1CCC(F)(F)CC1.[B].[H-].[Li+]. The molecule has 0 unspecified atom stereocenters. The van der Waals surface area contributed by atoms with Crippen molar-refractivity contribution in [3.05, 3.63) is 143 Å². The Hall–Kier alpha value is -6.27. The quantitative estimate of drug-likeness (QED) is 0.148. The van der Waals surface area contributed by atoms with Crippen molar-refractivity contribution in [3.63, 3.8) is 0 Å². The molecule has 0 saturated carbocycles. The molecule has 349 valence electrons. The first-order chi connectivity index (χ1) is 32.1. The third-order valence-electron chi connectivity index (χ3n) is 13.2. The number of fused-ring (bicyclic) bond motifs is 4. The minimum absolute atomic E-state index is 0. The van der Waals surface area contributed by atoms with E-state index >= 15 is 0 Å². The molecule has 4 aliphatic heterocycles. The van der Waals surface area contributed by atoms with Crippen LogP contribution in [0.15, 0.2) is 109 Å². The van der Waals surface area contributed by atoms with Crippen molar-refractivity contribution in [1.29, 1.82) is 0 Å². The van der Waals surface area contributed by atoms with Gasteiger partial charge in [-0.1, -0.05) is 60.7 Å². The van der Waals surface area contributed by atoms with Crippen LogP contribution in [0, 0.1) is 0 Å². The van der Waals surface area contributed by atoms with Gasteiger partial charge in [-0.05, 0) is 110 Å². The van der Waals surface area contributed by atoms with E-state index in [0.29, 0.717) is 41.9 Å². The molecule has 4 aliphatic rings. The maximum absolute atomic E-state index is 13.5. The Kier molecular flexibility index (Phi) is 14.9. The topological polar surface area (TPSA) is 119 Å². The van der Waals surface area contributed by atoms with Crippen molar-refractivity contribution in [2.75, 3.05) is 45.9 Å². The zero-order valence-electron chi connectivity index (χ0n) is 39.5. The number of benzene rings is 6. The molecule has 2 saturated heterocycles. The molecule has 0 bridgehead atoms. The third-order valence-corrected chi connectivity index (χ3v) is 13.2. The Morgan fingerprint density at radius 2 is 1.00 bits per heavy atom. The van der Waals surface area contributed by atoms with Crippen molar-refractivity contribution < 1.29 is 66.9 Å². The van der Waals surface area contributed by atoms with Gasteiger partial charge in [-0.25, -0.2) is 17.6 Å². The number of carbonyl (C=O) groups excluding carboxylic acids is 5. The van der Waals surface area contributed by atoms with Gasteiger partial charge in [0.1, 0.15) is 5.78 Å². The fraction of sp³-hybridized carbons (Fsp3) is 0.302. The van der Waals surface area contributed by atoms with Gasteiger partial charge in [0.15, 0.2) is 0 Å². The van der Waals surface area contributed by atoms with Crippen LogP contribution >= 0.6 is 0 Å². The zero-order chi connectivity index (χ0) is 47.2. The average molecular weight is 932 g/mol. The summed E-state index contributed by atoms with van der Waals surface area (Å²) in [5.74, 6) is -6.10. The molecule has 2 fully saturated rings. The molecule has 0 aliphatic carbocycles. The summed E-state index contributed by atoms with van der Waals surface area (Å²) < 4.78 is 53.8. The molecular formula is C53H49BF4LiN4O6. The predicted octanol–water partition coefficient (Wildman–Crippen LogP) is 5.98. The molecule has 0 atom stereocenters. The van der Waals surface area contributed by atoms with Crippen LogP contribution in [0.2, 0.25) is 0 Å². The number of hydrogen-bond donors (Lipinski definition) is 1. The Balaban J connectivity index is 0.000000220. The number of hydrogen-bond acceptors (Lipinski definition) is 6. The molecule has 0 spiro atoms. The number of amides is 4. The van der Waals surface area contributed by atoms with Gasteiger partial charge in [-0.15, -0.1) is 0 Å². The van der Waals surface area contributed by atoms with E-state index in [1.807, 2.05) is 84.9 Å². The van der Waals surface area contributed by atoms with Crippen LogP contribution in [-0.2, 0) is 17.9 Å². The van der Waals surface area contributed by atoms with Gasteiger partial charge in [0.25, 0.3) is 35.5 Å². The second kappa shape index (κ2) is 20.4. The summed E-state index contributed by atoms with van der Waals surface area (Å²) in [5.41, 5.74) is 7.92.